The summed E-state index contributed by atoms with van der Waals surface area (Å²) in [7, 11) is 0. The lowest BCUT2D eigenvalue weighted by molar-refractivity contribution is 0.0744. The number of nitrogens with zero attached hydrogens (tertiary/aromatic N) is 2. The van der Waals surface area contributed by atoms with Gasteiger partial charge in [0.1, 0.15) is 4.88 Å². The molecule has 1 heterocycles. The smallest absolute Gasteiger partial charge is 0.265 e. The van der Waals surface area contributed by atoms with Gasteiger partial charge in [-0.1, -0.05) is 13.8 Å². The molecule has 1 aromatic heterocycles. The van der Waals surface area contributed by atoms with Gasteiger partial charge in [-0.3, -0.25) is 4.79 Å². The fraction of sp³-hybridized carbons (Fsp3) is 0.500. The fourth-order valence-electron chi connectivity index (χ4n) is 1.49. The van der Waals surface area contributed by atoms with Gasteiger partial charge < -0.3 is 4.90 Å². The Bertz CT molecular complexity index is 422. The van der Waals surface area contributed by atoms with Crippen LogP contribution in [0.1, 0.15) is 29.9 Å². The average molecular weight is 315 g/mol. The summed E-state index contributed by atoms with van der Waals surface area (Å²) >= 11 is 4.79. The minimum atomic E-state index is 0.0100. The summed E-state index contributed by atoms with van der Waals surface area (Å²) in [5, 5.41) is 10.5. The van der Waals surface area contributed by atoms with E-state index in [2.05, 4.69) is 35.8 Å². The lowest BCUT2D eigenvalue weighted by Crippen LogP contribution is -2.34. The molecule has 0 bridgehead atoms. The zero-order chi connectivity index (χ0) is 12.8. The molecule has 0 saturated heterocycles. The van der Waals surface area contributed by atoms with Crippen molar-refractivity contribution in [2.75, 3.05) is 13.1 Å². The predicted octanol–water partition coefficient (Wildman–Crippen LogP) is 3.52. The maximum atomic E-state index is 12.3. The van der Waals surface area contributed by atoms with Crippen molar-refractivity contribution in [3.63, 3.8) is 0 Å². The molecule has 0 fully saturated rings. The van der Waals surface area contributed by atoms with Gasteiger partial charge in [0, 0.05) is 17.6 Å². The molecular weight excluding hydrogens is 300 g/mol. The molecule has 0 saturated carbocycles. The molecular formula is C12H15BrN2OS. The summed E-state index contributed by atoms with van der Waals surface area (Å²) in [5.74, 6) is 0.409. The maximum Gasteiger partial charge on any atom is 0.265 e. The molecule has 0 aliphatic rings. The van der Waals surface area contributed by atoms with E-state index >= 15 is 0 Å². The zero-order valence-corrected chi connectivity index (χ0v) is 12.3. The highest BCUT2D eigenvalue weighted by Crippen LogP contribution is 2.24. The van der Waals surface area contributed by atoms with Crippen LogP contribution in [0.2, 0.25) is 0 Å². The highest BCUT2D eigenvalue weighted by molar-refractivity contribution is 9.10. The van der Waals surface area contributed by atoms with Gasteiger partial charge in [0.15, 0.2) is 0 Å². The minimum absolute atomic E-state index is 0.0100. The number of hydrogen-bond acceptors (Lipinski definition) is 3. The van der Waals surface area contributed by atoms with Crippen molar-refractivity contribution in [2.24, 2.45) is 5.92 Å². The lowest BCUT2D eigenvalue weighted by Gasteiger charge is -2.23. The number of carbonyl (C=O) groups is 1. The summed E-state index contributed by atoms with van der Waals surface area (Å²) < 4.78 is 0.832. The van der Waals surface area contributed by atoms with E-state index in [1.807, 2.05) is 11.4 Å². The van der Waals surface area contributed by atoms with Crippen molar-refractivity contribution in [3.8, 4) is 6.07 Å². The van der Waals surface area contributed by atoms with Gasteiger partial charge in [-0.15, -0.1) is 11.3 Å². The van der Waals surface area contributed by atoms with Gasteiger partial charge in [0.2, 0.25) is 0 Å². The molecule has 1 aromatic rings. The Hall–Kier alpha value is -0.860. The number of carbonyl (C=O) groups excluding carboxylic acids is 1. The van der Waals surface area contributed by atoms with E-state index in [9.17, 15) is 4.79 Å². The third-order valence-corrected chi connectivity index (χ3v) is 4.00. The van der Waals surface area contributed by atoms with Crippen LogP contribution >= 0.6 is 27.3 Å². The monoisotopic (exact) mass is 314 g/mol. The SMILES string of the molecule is CC(C)CN(CCC#N)C(=O)c1sccc1Br. The van der Waals surface area contributed by atoms with Crippen molar-refractivity contribution in [3.05, 3.63) is 20.8 Å². The predicted molar refractivity (Wildman–Crippen MR) is 73.0 cm³/mol. The minimum Gasteiger partial charge on any atom is -0.337 e. The largest absolute Gasteiger partial charge is 0.337 e. The van der Waals surface area contributed by atoms with Crippen LogP contribution in [-0.4, -0.2) is 23.9 Å². The van der Waals surface area contributed by atoms with Crippen molar-refractivity contribution in [1.82, 2.24) is 4.90 Å². The van der Waals surface area contributed by atoms with Crippen LogP contribution < -0.4 is 0 Å². The van der Waals surface area contributed by atoms with Crippen LogP contribution in [0.15, 0.2) is 15.9 Å². The highest BCUT2D eigenvalue weighted by Gasteiger charge is 2.19. The molecule has 0 aliphatic heterocycles. The summed E-state index contributed by atoms with van der Waals surface area (Å²) in [6.45, 7) is 5.31. The molecule has 0 aromatic carbocycles. The normalized spacial score (nSPS) is 10.3. The number of amides is 1. The first-order valence-electron chi connectivity index (χ1n) is 5.45. The molecule has 92 valence electrons. The van der Waals surface area contributed by atoms with Crippen LogP contribution in [0, 0.1) is 17.2 Å². The third-order valence-electron chi connectivity index (χ3n) is 2.18. The first-order valence-corrected chi connectivity index (χ1v) is 7.12. The Labute approximate surface area is 114 Å². The lowest BCUT2D eigenvalue weighted by atomic mass is 10.2. The molecule has 5 heteroatoms. The molecule has 0 radical (unpaired) electrons. The van der Waals surface area contributed by atoms with Crippen LogP contribution in [0.3, 0.4) is 0 Å². The number of thiophene rings is 1. The van der Waals surface area contributed by atoms with E-state index in [4.69, 9.17) is 5.26 Å². The first kappa shape index (κ1) is 14.2. The number of halogens is 1. The van der Waals surface area contributed by atoms with Gasteiger partial charge in [-0.05, 0) is 33.3 Å². The third kappa shape index (κ3) is 4.14. The molecule has 0 unspecified atom stereocenters. The standard InChI is InChI=1S/C12H15BrN2OS/c1-9(2)8-15(6-3-5-14)12(16)11-10(13)4-7-17-11/h4,7,9H,3,6,8H2,1-2H3. The van der Waals surface area contributed by atoms with E-state index in [0.717, 1.165) is 4.47 Å². The second-order valence-electron chi connectivity index (χ2n) is 4.15. The average Bonchev–Trinajstić information content (AvgIpc) is 2.69. The highest BCUT2D eigenvalue weighted by atomic mass is 79.9. The van der Waals surface area contributed by atoms with Crippen LogP contribution in [0.25, 0.3) is 0 Å². The van der Waals surface area contributed by atoms with Gasteiger partial charge in [-0.25, -0.2) is 0 Å². The molecule has 0 spiro atoms. The Morgan fingerprint density at radius 2 is 2.35 bits per heavy atom. The van der Waals surface area contributed by atoms with Gasteiger partial charge in [0.25, 0.3) is 5.91 Å². The molecule has 0 aliphatic carbocycles. The zero-order valence-electron chi connectivity index (χ0n) is 9.94. The van der Waals surface area contributed by atoms with Gasteiger partial charge in [-0.2, -0.15) is 5.26 Å². The summed E-state index contributed by atoms with van der Waals surface area (Å²) in [6, 6.07) is 3.95. The number of nitriles is 1. The van der Waals surface area contributed by atoms with Crippen molar-refractivity contribution < 1.29 is 4.79 Å². The number of hydrogen-bond donors (Lipinski definition) is 0. The first-order chi connectivity index (χ1) is 8.06. The van der Waals surface area contributed by atoms with Crippen molar-refractivity contribution in [1.29, 1.82) is 5.26 Å². The molecule has 3 nitrogen and oxygen atoms in total. The van der Waals surface area contributed by atoms with Gasteiger partial charge >= 0.3 is 0 Å². The molecule has 1 amide bonds. The second kappa shape index (κ2) is 6.77. The van der Waals surface area contributed by atoms with E-state index in [1.54, 1.807) is 4.90 Å². The van der Waals surface area contributed by atoms with E-state index in [0.29, 0.717) is 30.3 Å². The van der Waals surface area contributed by atoms with Crippen LogP contribution in [-0.2, 0) is 0 Å². The topological polar surface area (TPSA) is 44.1 Å². The van der Waals surface area contributed by atoms with Crippen molar-refractivity contribution >= 4 is 33.2 Å². The summed E-state index contributed by atoms with van der Waals surface area (Å²) in [6.07, 6.45) is 0.376. The quantitative estimate of drug-likeness (QED) is 0.834. The Kier molecular flexibility index (Phi) is 5.66. The van der Waals surface area contributed by atoms with E-state index in [1.165, 1.54) is 11.3 Å². The van der Waals surface area contributed by atoms with Crippen molar-refractivity contribution in [2.45, 2.75) is 20.3 Å². The van der Waals surface area contributed by atoms with E-state index < -0.39 is 0 Å². The fourth-order valence-corrected chi connectivity index (χ4v) is 3.00. The second-order valence-corrected chi connectivity index (χ2v) is 5.92. The molecule has 0 N–H and O–H groups in total. The Morgan fingerprint density at radius 1 is 1.65 bits per heavy atom. The van der Waals surface area contributed by atoms with E-state index in [-0.39, 0.29) is 5.91 Å². The Morgan fingerprint density at radius 3 is 2.82 bits per heavy atom. The molecule has 17 heavy (non-hydrogen) atoms. The molecule has 0 atom stereocenters. The number of rotatable bonds is 5. The Balaban J connectivity index is 2.79. The van der Waals surface area contributed by atoms with Crippen LogP contribution in [0.4, 0.5) is 0 Å². The molecule has 1 rings (SSSR count). The van der Waals surface area contributed by atoms with Gasteiger partial charge in [0.05, 0.1) is 12.5 Å². The van der Waals surface area contributed by atoms with Crippen LogP contribution in [0.5, 0.6) is 0 Å². The summed E-state index contributed by atoms with van der Waals surface area (Å²) in [5.41, 5.74) is 0. The maximum absolute atomic E-state index is 12.3. The summed E-state index contributed by atoms with van der Waals surface area (Å²) in [4.78, 5) is 14.7.